The first kappa shape index (κ1) is 13.1. The molecule has 17 heavy (non-hydrogen) atoms. The minimum atomic E-state index is -0.0560. The van der Waals surface area contributed by atoms with Gasteiger partial charge in [-0.3, -0.25) is 4.90 Å². The first-order chi connectivity index (χ1) is 8.18. The topological polar surface area (TPSA) is 23.5 Å². The summed E-state index contributed by atoms with van der Waals surface area (Å²) < 4.78 is 0. The van der Waals surface area contributed by atoms with Crippen molar-refractivity contribution in [3.05, 3.63) is 12.2 Å². The largest absolute Gasteiger partial charge is 0.393 e. The monoisotopic (exact) mass is 237 g/mol. The molecule has 1 N–H and O–H groups in total. The van der Waals surface area contributed by atoms with Gasteiger partial charge in [0.05, 0.1) is 6.10 Å². The van der Waals surface area contributed by atoms with E-state index >= 15 is 0 Å². The van der Waals surface area contributed by atoms with Gasteiger partial charge >= 0.3 is 0 Å². The van der Waals surface area contributed by atoms with E-state index < -0.39 is 0 Å². The van der Waals surface area contributed by atoms with Crippen molar-refractivity contribution in [3.8, 4) is 0 Å². The van der Waals surface area contributed by atoms with E-state index in [0.29, 0.717) is 12.0 Å². The number of hydrogen-bond donors (Lipinski definition) is 1. The lowest BCUT2D eigenvalue weighted by atomic mass is 9.78. The average molecular weight is 237 g/mol. The van der Waals surface area contributed by atoms with Crippen LogP contribution in [0, 0.1) is 5.92 Å². The zero-order chi connectivity index (χ0) is 12.3. The van der Waals surface area contributed by atoms with Crippen LogP contribution in [-0.4, -0.2) is 35.2 Å². The van der Waals surface area contributed by atoms with Crippen molar-refractivity contribution < 1.29 is 5.11 Å². The molecule has 0 spiro atoms. The summed E-state index contributed by atoms with van der Waals surface area (Å²) in [6.07, 6.45) is 8.62. The molecule has 2 rings (SSSR count). The fourth-order valence-corrected chi connectivity index (χ4v) is 3.63. The van der Waals surface area contributed by atoms with Crippen molar-refractivity contribution >= 4 is 0 Å². The molecule has 0 aromatic heterocycles. The van der Waals surface area contributed by atoms with Crippen LogP contribution in [0.2, 0.25) is 0 Å². The van der Waals surface area contributed by atoms with Crippen LogP contribution >= 0.6 is 0 Å². The Bertz CT molecular complexity index is 264. The Morgan fingerprint density at radius 1 is 1.18 bits per heavy atom. The molecule has 3 unspecified atom stereocenters. The summed E-state index contributed by atoms with van der Waals surface area (Å²) in [5.41, 5.74) is 1.25. The van der Waals surface area contributed by atoms with Gasteiger partial charge in [-0.15, -0.1) is 0 Å². The second kappa shape index (κ2) is 6.01. The summed E-state index contributed by atoms with van der Waals surface area (Å²) in [5.74, 6) is 0.517. The molecule has 98 valence electrons. The molecule has 1 aliphatic carbocycles. The van der Waals surface area contributed by atoms with Crippen molar-refractivity contribution in [1.82, 2.24) is 4.90 Å². The Morgan fingerprint density at radius 2 is 1.88 bits per heavy atom. The summed E-state index contributed by atoms with van der Waals surface area (Å²) in [4.78, 5) is 2.57. The van der Waals surface area contributed by atoms with Gasteiger partial charge in [0, 0.05) is 18.5 Å². The van der Waals surface area contributed by atoms with E-state index in [0.717, 1.165) is 13.0 Å². The van der Waals surface area contributed by atoms with Crippen molar-refractivity contribution in [2.24, 2.45) is 5.92 Å². The number of aliphatic hydroxyl groups excluding tert-OH is 1. The number of aliphatic hydroxyl groups is 1. The molecule has 2 nitrogen and oxygen atoms in total. The van der Waals surface area contributed by atoms with E-state index in [4.69, 9.17) is 0 Å². The molecule has 1 aliphatic heterocycles. The molecule has 2 heteroatoms. The fourth-order valence-electron chi connectivity index (χ4n) is 3.63. The van der Waals surface area contributed by atoms with Crippen LogP contribution in [0.25, 0.3) is 0 Å². The Morgan fingerprint density at radius 3 is 2.59 bits per heavy atom. The van der Waals surface area contributed by atoms with Crippen LogP contribution in [0.15, 0.2) is 12.2 Å². The zero-order valence-corrected chi connectivity index (χ0v) is 11.2. The molecule has 0 amide bonds. The van der Waals surface area contributed by atoms with Gasteiger partial charge in [-0.05, 0) is 39.2 Å². The maximum Gasteiger partial charge on any atom is 0.0583 e. The minimum Gasteiger partial charge on any atom is -0.393 e. The van der Waals surface area contributed by atoms with Crippen LogP contribution < -0.4 is 0 Å². The lowest BCUT2D eigenvalue weighted by molar-refractivity contribution is -0.00221. The number of likely N-dealkylation sites (tertiary alicyclic amines) is 1. The quantitative estimate of drug-likeness (QED) is 0.763. The first-order valence-electron chi connectivity index (χ1n) is 7.25. The van der Waals surface area contributed by atoms with Crippen molar-refractivity contribution in [1.29, 1.82) is 0 Å². The van der Waals surface area contributed by atoms with Gasteiger partial charge in [-0.1, -0.05) is 31.4 Å². The molecule has 3 atom stereocenters. The van der Waals surface area contributed by atoms with E-state index in [1.807, 2.05) is 0 Å². The highest BCUT2D eigenvalue weighted by Gasteiger charge is 2.35. The summed E-state index contributed by atoms with van der Waals surface area (Å²) in [6, 6.07) is 0.607. The Labute approximate surface area is 106 Å². The van der Waals surface area contributed by atoms with E-state index in [9.17, 15) is 5.11 Å². The van der Waals surface area contributed by atoms with Crippen LogP contribution in [-0.2, 0) is 0 Å². The molecular formula is C15H27NO. The Hall–Kier alpha value is -0.340. The molecule has 0 aromatic rings. The Kier molecular flexibility index (Phi) is 4.63. The zero-order valence-electron chi connectivity index (χ0n) is 11.2. The second-order valence-corrected chi connectivity index (χ2v) is 6.01. The third-order valence-electron chi connectivity index (χ3n) is 4.41. The predicted octanol–water partition coefficient (Wildman–Crippen LogP) is 2.97. The van der Waals surface area contributed by atoms with E-state index in [1.165, 1.54) is 50.6 Å². The maximum atomic E-state index is 10.2. The molecule has 0 bridgehead atoms. The fraction of sp³-hybridized carbons (Fsp3) is 0.867. The van der Waals surface area contributed by atoms with Gasteiger partial charge < -0.3 is 5.11 Å². The van der Waals surface area contributed by atoms with Crippen LogP contribution in [0.1, 0.15) is 51.9 Å². The van der Waals surface area contributed by atoms with Crippen LogP contribution in [0.5, 0.6) is 0 Å². The third kappa shape index (κ3) is 3.32. The highest BCUT2D eigenvalue weighted by molar-refractivity contribution is 4.97. The van der Waals surface area contributed by atoms with Crippen LogP contribution in [0.4, 0.5) is 0 Å². The van der Waals surface area contributed by atoms with Gasteiger partial charge in [0.25, 0.3) is 0 Å². The number of nitrogens with zero attached hydrogens (tertiary/aromatic N) is 1. The van der Waals surface area contributed by atoms with Crippen molar-refractivity contribution in [3.63, 3.8) is 0 Å². The molecule has 2 fully saturated rings. The third-order valence-corrected chi connectivity index (χ3v) is 4.41. The SMILES string of the molecule is C=C(C)CN1CCCCC1C1CCCCC1O. The lowest BCUT2D eigenvalue weighted by Gasteiger charge is -2.43. The highest BCUT2D eigenvalue weighted by atomic mass is 16.3. The molecule has 2 aliphatic rings. The van der Waals surface area contributed by atoms with Crippen LogP contribution in [0.3, 0.4) is 0 Å². The average Bonchev–Trinajstić information content (AvgIpc) is 2.30. The van der Waals surface area contributed by atoms with E-state index in [-0.39, 0.29) is 6.10 Å². The maximum absolute atomic E-state index is 10.2. The summed E-state index contributed by atoms with van der Waals surface area (Å²) in [5, 5.41) is 10.2. The van der Waals surface area contributed by atoms with Gasteiger partial charge in [0.15, 0.2) is 0 Å². The van der Waals surface area contributed by atoms with Gasteiger partial charge in [0.2, 0.25) is 0 Å². The van der Waals surface area contributed by atoms with Crippen molar-refractivity contribution in [2.75, 3.05) is 13.1 Å². The molecule has 1 heterocycles. The minimum absolute atomic E-state index is 0.0560. The molecular weight excluding hydrogens is 210 g/mol. The van der Waals surface area contributed by atoms with Gasteiger partial charge in [-0.2, -0.15) is 0 Å². The number of piperidine rings is 1. The number of hydrogen-bond acceptors (Lipinski definition) is 2. The summed E-state index contributed by atoms with van der Waals surface area (Å²) in [7, 11) is 0. The smallest absolute Gasteiger partial charge is 0.0583 e. The summed E-state index contributed by atoms with van der Waals surface area (Å²) >= 11 is 0. The van der Waals surface area contributed by atoms with Gasteiger partial charge in [-0.25, -0.2) is 0 Å². The van der Waals surface area contributed by atoms with E-state index in [2.05, 4.69) is 18.4 Å². The molecule has 1 saturated carbocycles. The normalized spacial score (nSPS) is 35.8. The molecule has 0 radical (unpaired) electrons. The standard InChI is InChI=1S/C15H27NO/c1-12(2)11-16-10-6-5-8-14(16)13-7-3-4-9-15(13)17/h13-15,17H,1,3-11H2,2H3. The lowest BCUT2D eigenvalue weighted by Crippen LogP contribution is -2.49. The van der Waals surface area contributed by atoms with Crippen molar-refractivity contribution in [2.45, 2.75) is 64.0 Å². The molecule has 0 aromatic carbocycles. The van der Waals surface area contributed by atoms with E-state index in [1.54, 1.807) is 0 Å². The molecule has 1 saturated heterocycles. The number of rotatable bonds is 3. The second-order valence-electron chi connectivity index (χ2n) is 6.01. The first-order valence-corrected chi connectivity index (χ1v) is 7.25. The Balaban J connectivity index is 2.01. The van der Waals surface area contributed by atoms with Gasteiger partial charge in [0.1, 0.15) is 0 Å². The summed E-state index contributed by atoms with van der Waals surface area (Å²) in [6.45, 7) is 8.37. The predicted molar refractivity (Wildman–Crippen MR) is 72.0 cm³/mol. The highest BCUT2D eigenvalue weighted by Crippen LogP contribution is 2.34.